The van der Waals surface area contributed by atoms with Crippen LogP contribution in [-0.2, 0) is 0 Å². The van der Waals surface area contributed by atoms with Crippen LogP contribution in [0.1, 0.15) is 36.6 Å². The van der Waals surface area contributed by atoms with Gasteiger partial charge in [-0.1, -0.05) is 32.0 Å². The van der Waals surface area contributed by atoms with Crippen LogP contribution in [0.15, 0.2) is 36.4 Å². The van der Waals surface area contributed by atoms with Crippen molar-refractivity contribution in [1.82, 2.24) is 4.98 Å². The van der Waals surface area contributed by atoms with Gasteiger partial charge >= 0.3 is 0 Å². The summed E-state index contributed by atoms with van der Waals surface area (Å²) in [6.45, 7) is 6.21. The van der Waals surface area contributed by atoms with Gasteiger partial charge in [0.1, 0.15) is 11.9 Å². The highest BCUT2D eigenvalue weighted by molar-refractivity contribution is 5.66. The molecule has 2 rings (SSSR count). The van der Waals surface area contributed by atoms with E-state index in [2.05, 4.69) is 36.3 Å². The Morgan fingerprint density at radius 3 is 2.58 bits per heavy atom. The molecule has 1 aromatic heterocycles. The lowest BCUT2D eigenvalue weighted by atomic mass is 10.0. The molecule has 2 aromatic rings. The first-order valence-electron chi connectivity index (χ1n) is 6.35. The minimum absolute atomic E-state index is 0.416. The van der Waals surface area contributed by atoms with E-state index >= 15 is 0 Å². The Morgan fingerprint density at radius 2 is 1.89 bits per heavy atom. The van der Waals surface area contributed by atoms with Crippen LogP contribution in [-0.4, -0.2) is 4.98 Å². The average Bonchev–Trinajstić information content (AvgIpc) is 2.39. The molecule has 0 bridgehead atoms. The Balaban J connectivity index is 2.42. The van der Waals surface area contributed by atoms with Crippen molar-refractivity contribution in [3.8, 4) is 6.07 Å². The molecule has 19 heavy (non-hydrogen) atoms. The summed E-state index contributed by atoms with van der Waals surface area (Å²) in [5.74, 6) is 1.04. The van der Waals surface area contributed by atoms with E-state index in [1.54, 1.807) is 6.07 Å². The van der Waals surface area contributed by atoms with Crippen molar-refractivity contribution < 1.29 is 0 Å². The number of anilines is 2. The van der Waals surface area contributed by atoms with E-state index in [1.165, 1.54) is 5.56 Å². The van der Waals surface area contributed by atoms with E-state index in [-0.39, 0.29) is 0 Å². The Morgan fingerprint density at radius 1 is 1.16 bits per heavy atom. The maximum absolute atomic E-state index is 9.14. The molecular weight excluding hydrogens is 234 g/mol. The van der Waals surface area contributed by atoms with Gasteiger partial charge in [0.15, 0.2) is 0 Å². The maximum atomic E-state index is 9.14. The van der Waals surface area contributed by atoms with Crippen molar-refractivity contribution in [3.63, 3.8) is 0 Å². The topological polar surface area (TPSA) is 48.7 Å². The summed E-state index contributed by atoms with van der Waals surface area (Å²) < 4.78 is 0. The molecule has 0 saturated heterocycles. The van der Waals surface area contributed by atoms with Gasteiger partial charge in [-0.15, -0.1) is 0 Å². The van der Waals surface area contributed by atoms with Crippen molar-refractivity contribution in [3.05, 3.63) is 53.2 Å². The predicted octanol–water partition coefficient (Wildman–Crippen LogP) is 4.13. The molecule has 0 aliphatic heterocycles. The number of pyridine rings is 1. The van der Waals surface area contributed by atoms with Crippen molar-refractivity contribution >= 4 is 11.5 Å². The van der Waals surface area contributed by atoms with E-state index in [1.807, 2.05) is 31.2 Å². The van der Waals surface area contributed by atoms with Crippen LogP contribution in [0, 0.1) is 18.3 Å². The third kappa shape index (κ3) is 2.92. The lowest BCUT2D eigenvalue weighted by molar-refractivity contribution is 0.869. The fourth-order valence-corrected chi connectivity index (χ4v) is 1.98. The van der Waals surface area contributed by atoms with Gasteiger partial charge in [0.05, 0.1) is 5.56 Å². The molecule has 1 N–H and O–H groups in total. The lowest BCUT2D eigenvalue weighted by Gasteiger charge is -2.15. The molecule has 0 aliphatic carbocycles. The first-order valence-corrected chi connectivity index (χ1v) is 6.35. The van der Waals surface area contributed by atoms with Crippen LogP contribution in [0.2, 0.25) is 0 Å². The van der Waals surface area contributed by atoms with E-state index in [0.29, 0.717) is 17.3 Å². The molecule has 0 saturated carbocycles. The minimum atomic E-state index is 0.416. The summed E-state index contributed by atoms with van der Waals surface area (Å²) in [6.07, 6.45) is 0. The Kier molecular flexibility index (Phi) is 3.82. The first kappa shape index (κ1) is 13.1. The van der Waals surface area contributed by atoms with E-state index < -0.39 is 0 Å². The van der Waals surface area contributed by atoms with Crippen molar-refractivity contribution in [1.29, 1.82) is 5.26 Å². The fraction of sp³-hybridized carbons (Fsp3) is 0.250. The third-order valence-corrected chi connectivity index (χ3v) is 2.99. The molecule has 1 heterocycles. The highest BCUT2D eigenvalue weighted by Crippen LogP contribution is 2.27. The molecule has 0 aliphatic rings. The van der Waals surface area contributed by atoms with Crippen LogP contribution >= 0.6 is 0 Å². The molecule has 0 atom stereocenters. The smallest absolute Gasteiger partial charge is 0.148 e. The molecule has 3 heteroatoms. The average molecular weight is 251 g/mol. The zero-order chi connectivity index (χ0) is 13.8. The molecule has 0 fully saturated rings. The Hall–Kier alpha value is -2.34. The SMILES string of the molecule is Cc1ccc(C#N)c(Nc2ccccc2C(C)C)n1. The van der Waals surface area contributed by atoms with Crippen molar-refractivity contribution in [2.75, 3.05) is 5.32 Å². The van der Waals surface area contributed by atoms with Gasteiger partial charge in [0, 0.05) is 11.4 Å². The van der Waals surface area contributed by atoms with Gasteiger partial charge in [0.2, 0.25) is 0 Å². The standard InChI is InChI=1S/C16H17N3/c1-11(2)14-6-4-5-7-15(14)19-16-13(10-17)9-8-12(3)18-16/h4-9,11H,1-3H3,(H,18,19). The highest BCUT2D eigenvalue weighted by Gasteiger charge is 2.09. The molecule has 0 radical (unpaired) electrons. The quantitative estimate of drug-likeness (QED) is 0.892. The monoisotopic (exact) mass is 251 g/mol. The maximum Gasteiger partial charge on any atom is 0.148 e. The number of aromatic nitrogens is 1. The lowest BCUT2D eigenvalue weighted by Crippen LogP contribution is -2.02. The molecule has 0 spiro atoms. The second-order valence-electron chi connectivity index (χ2n) is 4.83. The second kappa shape index (κ2) is 5.53. The number of nitrogens with one attached hydrogen (secondary N) is 1. The van der Waals surface area contributed by atoms with Gasteiger partial charge in [-0.05, 0) is 36.6 Å². The van der Waals surface area contributed by atoms with Crippen molar-refractivity contribution in [2.45, 2.75) is 26.7 Å². The molecule has 0 amide bonds. The number of rotatable bonds is 3. The van der Waals surface area contributed by atoms with Crippen LogP contribution in [0.4, 0.5) is 11.5 Å². The number of hydrogen-bond acceptors (Lipinski definition) is 3. The number of aryl methyl sites for hydroxylation is 1. The van der Waals surface area contributed by atoms with Crippen LogP contribution < -0.4 is 5.32 Å². The van der Waals surface area contributed by atoms with Crippen molar-refractivity contribution in [2.24, 2.45) is 0 Å². The highest BCUT2D eigenvalue weighted by atomic mass is 15.0. The summed E-state index contributed by atoms with van der Waals surface area (Å²) in [7, 11) is 0. The second-order valence-corrected chi connectivity index (χ2v) is 4.83. The van der Waals surface area contributed by atoms with E-state index in [0.717, 1.165) is 11.4 Å². The van der Waals surface area contributed by atoms with E-state index in [4.69, 9.17) is 5.26 Å². The molecule has 96 valence electrons. The first-order chi connectivity index (χ1) is 9.11. The normalized spacial score (nSPS) is 10.3. The largest absolute Gasteiger partial charge is 0.339 e. The zero-order valence-corrected chi connectivity index (χ0v) is 11.4. The van der Waals surface area contributed by atoms with Gasteiger partial charge < -0.3 is 5.32 Å². The summed E-state index contributed by atoms with van der Waals surface area (Å²) in [6, 6.07) is 13.9. The van der Waals surface area contributed by atoms with Gasteiger partial charge in [-0.2, -0.15) is 5.26 Å². The fourth-order valence-electron chi connectivity index (χ4n) is 1.98. The van der Waals surface area contributed by atoms with Crippen LogP contribution in [0.3, 0.4) is 0 Å². The van der Waals surface area contributed by atoms with Crippen LogP contribution in [0.5, 0.6) is 0 Å². The van der Waals surface area contributed by atoms with Gasteiger partial charge in [-0.3, -0.25) is 0 Å². The summed E-state index contributed by atoms with van der Waals surface area (Å²) in [5, 5.41) is 12.4. The van der Waals surface area contributed by atoms with E-state index in [9.17, 15) is 0 Å². The summed E-state index contributed by atoms with van der Waals surface area (Å²) in [4.78, 5) is 4.41. The molecule has 3 nitrogen and oxygen atoms in total. The third-order valence-electron chi connectivity index (χ3n) is 2.99. The Bertz CT molecular complexity index is 624. The summed E-state index contributed by atoms with van der Waals surface area (Å²) in [5.41, 5.74) is 3.68. The summed E-state index contributed by atoms with van der Waals surface area (Å²) >= 11 is 0. The van der Waals surface area contributed by atoms with Gasteiger partial charge in [0.25, 0.3) is 0 Å². The number of hydrogen-bond donors (Lipinski definition) is 1. The number of nitriles is 1. The number of para-hydroxylation sites is 1. The molecule has 0 unspecified atom stereocenters. The van der Waals surface area contributed by atoms with Gasteiger partial charge in [-0.25, -0.2) is 4.98 Å². The number of benzene rings is 1. The predicted molar refractivity (Wildman–Crippen MR) is 77.5 cm³/mol. The minimum Gasteiger partial charge on any atom is -0.339 e. The number of nitrogens with zero attached hydrogens (tertiary/aromatic N) is 2. The molecular formula is C16H17N3. The Labute approximate surface area is 113 Å². The zero-order valence-electron chi connectivity index (χ0n) is 11.4. The van der Waals surface area contributed by atoms with Crippen LogP contribution in [0.25, 0.3) is 0 Å². The molecule has 1 aromatic carbocycles.